The second-order valence-corrected chi connectivity index (χ2v) is 4.55. The molecule has 1 saturated heterocycles. The van der Waals surface area contributed by atoms with Gasteiger partial charge in [-0.15, -0.1) is 0 Å². The molecule has 15 heavy (non-hydrogen) atoms. The highest BCUT2D eigenvalue weighted by atomic mass is 16.5. The summed E-state index contributed by atoms with van der Waals surface area (Å²) >= 11 is 0. The highest BCUT2D eigenvalue weighted by Crippen LogP contribution is 2.30. The fourth-order valence-corrected chi connectivity index (χ4v) is 2.74. The SMILES string of the molecule is c1ccc2c(c1)CC(C1CNCCO1)C2. The first kappa shape index (κ1) is 9.37. The molecule has 1 unspecified atom stereocenters. The molecule has 1 N–H and O–H groups in total. The van der Waals surface area contributed by atoms with E-state index in [-0.39, 0.29) is 0 Å². The summed E-state index contributed by atoms with van der Waals surface area (Å²) in [6.45, 7) is 2.91. The van der Waals surface area contributed by atoms with Gasteiger partial charge in [0.25, 0.3) is 0 Å². The molecule has 0 amide bonds. The minimum absolute atomic E-state index is 0.422. The van der Waals surface area contributed by atoms with E-state index in [1.165, 1.54) is 24.0 Å². The third-order valence-electron chi connectivity index (χ3n) is 3.56. The Kier molecular flexibility index (Phi) is 2.47. The van der Waals surface area contributed by atoms with E-state index in [1.54, 1.807) is 0 Å². The molecule has 80 valence electrons. The van der Waals surface area contributed by atoms with E-state index in [0.29, 0.717) is 12.0 Å². The van der Waals surface area contributed by atoms with Gasteiger partial charge < -0.3 is 10.1 Å². The van der Waals surface area contributed by atoms with Crippen molar-refractivity contribution in [1.29, 1.82) is 0 Å². The Hall–Kier alpha value is -0.860. The zero-order valence-electron chi connectivity index (χ0n) is 8.91. The number of ether oxygens (including phenoxy) is 1. The number of rotatable bonds is 1. The lowest BCUT2D eigenvalue weighted by Gasteiger charge is -2.28. The van der Waals surface area contributed by atoms with E-state index in [2.05, 4.69) is 29.6 Å². The van der Waals surface area contributed by atoms with Crippen LogP contribution >= 0.6 is 0 Å². The summed E-state index contributed by atoms with van der Waals surface area (Å²) in [5.74, 6) is 0.690. The maximum absolute atomic E-state index is 5.83. The number of nitrogens with one attached hydrogen (secondary N) is 1. The molecule has 1 atom stereocenters. The van der Waals surface area contributed by atoms with E-state index in [0.717, 1.165) is 19.7 Å². The van der Waals surface area contributed by atoms with Crippen LogP contribution in [0.5, 0.6) is 0 Å². The van der Waals surface area contributed by atoms with Crippen molar-refractivity contribution < 1.29 is 4.74 Å². The third kappa shape index (κ3) is 1.80. The van der Waals surface area contributed by atoms with Crippen molar-refractivity contribution in [3.8, 4) is 0 Å². The summed E-state index contributed by atoms with van der Waals surface area (Å²) in [5.41, 5.74) is 3.05. The van der Waals surface area contributed by atoms with Crippen LogP contribution in [0.2, 0.25) is 0 Å². The molecule has 0 spiro atoms. The number of hydrogen-bond acceptors (Lipinski definition) is 2. The van der Waals surface area contributed by atoms with Crippen molar-refractivity contribution in [1.82, 2.24) is 5.32 Å². The van der Waals surface area contributed by atoms with Gasteiger partial charge in [0.1, 0.15) is 0 Å². The van der Waals surface area contributed by atoms with Crippen LogP contribution in [-0.4, -0.2) is 25.8 Å². The van der Waals surface area contributed by atoms with Crippen molar-refractivity contribution in [2.24, 2.45) is 5.92 Å². The van der Waals surface area contributed by atoms with Crippen molar-refractivity contribution in [3.05, 3.63) is 35.4 Å². The van der Waals surface area contributed by atoms with E-state index >= 15 is 0 Å². The van der Waals surface area contributed by atoms with E-state index < -0.39 is 0 Å². The van der Waals surface area contributed by atoms with Crippen LogP contribution in [-0.2, 0) is 17.6 Å². The van der Waals surface area contributed by atoms with E-state index in [4.69, 9.17) is 4.74 Å². The minimum atomic E-state index is 0.422. The lowest BCUT2D eigenvalue weighted by Crippen LogP contribution is -2.42. The van der Waals surface area contributed by atoms with Crippen LogP contribution in [0, 0.1) is 5.92 Å². The largest absolute Gasteiger partial charge is 0.375 e. The fraction of sp³-hybridized carbons (Fsp3) is 0.538. The van der Waals surface area contributed by atoms with Crippen molar-refractivity contribution >= 4 is 0 Å². The van der Waals surface area contributed by atoms with Gasteiger partial charge in [-0.2, -0.15) is 0 Å². The molecule has 1 aromatic carbocycles. The Balaban J connectivity index is 1.72. The van der Waals surface area contributed by atoms with Crippen LogP contribution in [0.3, 0.4) is 0 Å². The van der Waals surface area contributed by atoms with Crippen LogP contribution < -0.4 is 5.32 Å². The zero-order chi connectivity index (χ0) is 10.1. The summed E-state index contributed by atoms with van der Waals surface area (Å²) in [7, 11) is 0. The lowest BCUT2D eigenvalue weighted by atomic mass is 9.98. The van der Waals surface area contributed by atoms with Gasteiger partial charge in [-0.3, -0.25) is 0 Å². The number of morpholine rings is 1. The molecule has 0 bridgehead atoms. The maximum atomic E-state index is 5.83. The number of hydrogen-bond donors (Lipinski definition) is 1. The molecule has 1 fully saturated rings. The number of benzene rings is 1. The van der Waals surface area contributed by atoms with E-state index in [9.17, 15) is 0 Å². The van der Waals surface area contributed by atoms with Crippen LogP contribution in [0.25, 0.3) is 0 Å². The van der Waals surface area contributed by atoms with Crippen LogP contribution in [0.15, 0.2) is 24.3 Å². The first-order valence-corrected chi connectivity index (χ1v) is 5.82. The molecular weight excluding hydrogens is 186 g/mol. The standard InChI is InChI=1S/C13H17NO/c1-2-4-11-8-12(7-10(11)3-1)13-9-14-5-6-15-13/h1-4,12-14H,5-9H2. The van der Waals surface area contributed by atoms with Gasteiger partial charge >= 0.3 is 0 Å². The van der Waals surface area contributed by atoms with Gasteiger partial charge in [0, 0.05) is 13.1 Å². The number of fused-ring (bicyclic) bond motifs is 1. The predicted octanol–water partition coefficient (Wildman–Crippen LogP) is 1.39. The minimum Gasteiger partial charge on any atom is -0.375 e. The average molecular weight is 203 g/mol. The molecule has 1 heterocycles. The van der Waals surface area contributed by atoms with Gasteiger partial charge in [0.05, 0.1) is 12.7 Å². The summed E-state index contributed by atoms with van der Waals surface area (Å²) in [5, 5.41) is 3.41. The molecule has 2 heteroatoms. The van der Waals surface area contributed by atoms with Crippen LogP contribution in [0.1, 0.15) is 11.1 Å². The van der Waals surface area contributed by atoms with Gasteiger partial charge in [0.15, 0.2) is 0 Å². The van der Waals surface area contributed by atoms with Crippen LogP contribution in [0.4, 0.5) is 0 Å². The Morgan fingerprint density at radius 2 is 1.87 bits per heavy atom. The topological polar surface area (TPSA) is 21.3 Å². The summed E-state index contributed by atoms with van der Waals surface area (Å²) < 4.78 is 5.83. The van der Waals surface area contributed by atoms with Crippen molar-refractivity contribution in [2.75, 3.05) is 19.7 Å². The Morgan fingerprint density at radius 1 is 1.13 bits per heavy atom. The highest BCUT2D eigenvalue weighted by Gasteiger charge is 2.29. The molecule has 0 radical (unpaired) electrons. The fourth-order valence-electron chi connectivity index (χ4n) is 2.74. The third-order valence-corrected chi connectivity index (χ3v) is 3.56. The summed E-state index contributed by atoms with van der Waals surface area (Å²) in [4.78, 5) is 0. The second kappa shape index (κ2) is 3.95. The van der Waals surface area contributed by atoms with Gasteiger partial charge in [-0.1, -0.05) is 24.3 Å². The summed E-state index contributed by atoms with van der Waals surface area (Å²) in [6, 6.07) is 8.79. The molecule has 2 aliphatic rings. The van der Waals surface area contributed by atoms with Crippen molar-refractivity contribution in [3.63, 3.8) is 0 Å². The predicted molar refractivity (Wildman–Crippen MR) is 59.9 cm³/mol. The Morgan fingerprint density at radius 3 is 2.47 bits per heavy atom. The monoisotopic (exact) mass is 203 g/mol. The summed E-state index contributed by atoms with van der Waals surface area (Å²) in [6.07, 6.45) is 2.82. The van der Waals surface area contributed by atoms with Gasteiger partial charge in [-0.25, -0.2) is 0 Å². The molecule has 2 nitrogen and oxygen atoms in total. The Labute approximate surface area is 90.6 Å². The molecule has 3 rings (SSSR count). The molecule has 1 aliphatic heterocycles. The maximum Gasteiger partial charge on any atom is 0.0734 e. The smallest absolute Gasteiger partial charge is 0.0734 e. The van der Waals surface area contributed by atoms with E-state index in [1.807, 2.05) is 0 Å². The van der Waals surface area contributed by atoms with Crippen molar-refractivity contribution in [2.45, 2.75) is 18.9 Å². The normalized spacial score (nSPS) is 26.5. The Bertz CT molecular complexity index is 319. The molecular formula is C13H17NO. The van der Waals surface area contributed by atoms with Gasteiger partial charge in [0.2, 0.25) is 0 Å². The first-order valence-electron chi connectivity index (χ1n) is 5.82. The molecule has 1 aliphatic carbocycles. The molecule has 0 aromatic heterocycles. The second-order valence-electron chi connectivity index (χ2n) is 4.55. The highest BCUT2D eigenvalue weighted by molar-refractivity contribution is 5.32. The first-order chi connectivity index (χ1) is 7.43. The lowest BCUT2D eigenvalue weighted by molar-refractivity contribution is -0.00635. The zero-order valence-corrected chi connectivity index (χ0v) is 8.91. The average Bonchev–Trinajstić information content (AvgIpc) is 2.74. The molecule has 1 aromatic rings. The quantitative estimate of drug-likeness (QED) is 0.744. The van der Waals surface area contributed by atoms with Gasteiger partial charge in [-0.05, 0) is 29.9 Å². The molecule has 0 saturated carbocycles.